The predicted octanol–water partition coefficient (Wildman–Crippen LogP) is 2.38. The maximum absolute atomic E-state index is 13.6. The molecule has 1 N–H and O–H groups in total. The second-order valence-corrected chi connectivity index (χ2v) is 5.48. The minimum absolute atomic E-state index is 0.0746. The normalized spacial score (nSPS) is 21.5. The molecule has 1 heterocycles. The maximum atomic E-state index is 13.6. The average molecular weight is 335 g/mol. The van der Waals surface area contributed by atoms with Gasteiger partial charge in [-0.2, -0.15) is 0 Å². The number of carbonyl (C=O) groups excluding carboxylic acids is 2. The van der Waals surface area contributed by atoms with E-state index in [9.17, 15) is 22.8 Å². The topological polar surface area (TPSA) is 49.4 Å². The van der Waals surface area contributed by atoms with Crippen LogP contribution in [0, 0.1) is 11.7 Å². The average Bonchev–Trinajstić information content (AvgIpc) is 2.75. The zero-order valence-electron chi connectivity index (χ0n) is 11.7. The first-order valence-corrected chi connectivity index (χ1v) is 6.95. The predicted molar refractivity (Wildman–Crippen MR) is 74.0 cm³/mol. The standard InChI is InChI=1S/C14H14ClF3N2O2/c1-20-12(21)5-8(14(22)19-6-11(17)18)13(20)7-2-3-9(15)10(16)4-7/h2-4,8,11,13H,5-6H2,1H3,(H,19,22)/t8-,13-/m0/s1. The minimum atomic E-state index is -2.68. The third-order valence-electron chi connectivity index (χ3n) is 3.64. The van der Waals surface area contributed by atoms with Crippen LogP contribution in [0.1, 0.15) is 18.0 Å². The Balaban J connectivity index is 2.26. The Morgan fingerprint density at radius 1 is 1.50 bits per heavy atom. The molecule has 4 nitrogen and oxygen atoms in total. The Kier molecular flexibility index (Phi) is 4.95. The monoisotopic (exact) mass is 334 g/mol. The summed E-state index contributed by atoms with van der Waals surface area (Å²) in [7, 11) is 1.49. The number of carbonyl (C=O) groups is 2. The Morgan fingerprint density at radius 2 is 2.18 bits per heavy atom. The summed E-state index contributed by atoms with van der Waals surface area (Å²) in [6.07, 6.45) is -2.79. The third kappa shape index (κ3) is 3.35. The van der Waals surface area contributed by atoms with Gasteiger partial charge in [0, 0.05) is 13.5 Å². The Labute approximate surface area is 130 Å². The molecule has 8 heteroatoms. The second kappa shape index (κ2) is 6.56. The fourth-order valence-corrected chi connectivity index (χ4v) is 2.68. The van der Waals surface area contributed by atoms with Gasteiger partial charge in [0.2, 0.25) is 11.8 Å². The molecule has 2 rings (SSSR count). The van der Waals surface area contributed by atoms with Crippen LogP contribution in [0.2, 0.25) is 5.02 Å². The summed E-state index contributed by atoms with van der Waals surface area (Å²) in [6.45, 7) is -0.783. The summed E-state index contributed by atoms with van der Waals surface area (Å²) in [6, 6.07) is 3.28. The fourth-order valence-electron chi connectivity index (χ4n) is 2.57. The van der Waals surface area contributed by atoms with Gasteiger partial charge in [-0.15, -0.1) is 0 Å². The van der Waals surface area contributed by atoms with Crippen molar-refractivity contribution in [3.05, 3.63) is 34.6 Å². The van der Waals surface area contributed by atoms with Gasteiger partial charge in [0.05, 0.1) is 23.5 Å². The highest BCUT2D eigenvalue weighted by molar-refractivity contribution is 6.30. The van der Waals surface area contributed by atoms with E-state index in [1.54, 1.807) is 0 Å². The molecule has 1 fully saturated rings. The summed E-state index contributed by atoms with van der Waals surface area (Å²) in [5.41, 5.74) is 0.396. The number of benzene rings is 1. The number of hydrogen-bond acceptors (Lipinski definition) is 2. The highest BCUT2D eigenvalue weighted by Crippen LogP contribution is 2.38. The molecule has 0 unspecified atom stereocenters. The summed E-state index contributed by atoms with van der Waals surface area (Å²) >= 11 is 5.62. The van der Waals surface area contributed by atoms with E-state index in [4.69, 9.17) is 11.6 Å². The van der Waals surface area contributed by atoms with E-state index in [1.165, 1.54) is 24.1 Å². The number of likely N-dealkylation sites (tertiary alicyclic amines) is 1. The van der Waals surface area contributed by atoms with Crippen molar-refractivity contribution in [1.29, 1.82) is 0 Å². The molecule has 2 atom stereocenters. The zero-order valence-corrected chi connectivity index (χ0v) is 12.4. The molecule has 1 saturated heterocycles. The van der Waals surface area contributed by atoms with Gasteiger partial charge in [0.1, 0.15) is 5.82 Å². The molecule has 1 aromatic rings. The molecule has 0 aromatic heterocycles. The lowest BCUT2D eigenvalue weighted by Gasteiger charge is -2.25. The van der Waals surface area contributed by atoms with Crippen molar-refractivity contribution in [3.8, 4) is 0 Å². The van der Waals surface area contributed by atoms with Crippen LogP contribution in [0.25, 0.3) is 0 Å². The van der Waals surface area contributed by atoms with Gasteiger partial charge in [-0.1, -0.05) is 17.7 Å². The van der Waals surface area contributed by atoms with Crippen molar-refractivity contribution in [3.63, 3.8) is 0 Å². The van der Waals surface area contributed by atoms with Gasteiger partial charge in [-0.25, -0.2) is 13.2 Å². The molecule has 0 saturated carbocycles. The lowest BCUT2D eigenvalue weighted by atomic mass is 9.93. The third-order valence-corrected chi connectivity index (χ3v) is 3.95. The Hall–Kier alpha value is -1.76. The van der Waals surface area contributed by atoms with E-state index in [2.05, 4.69) is 5.32 Å². The number of halogens is 4. The van der Waals surface area contributed by atoms with Crippen LogP contribution < -0.4 is 5.32 Å². The number of hydrogen-bond donors (Lipinski definition) is 1. The lowest BCUT2D eigenvalue weighted by Crippen LogP contribution is -2.36. The molecule has 0 spiro atoms. The van der Waals surface area contributed by atoms with E-state index in [0.29, 0.717) is 5.56 Å². The molecule has 1 aliphatic heterocycles. The first-order chi connectivity index (χ1) is 10.3. The van der Waals surface area contributed by atoms with E-state index >= 15 is 0 Å². The SMILES string of the molecule is CN1C(=O)C[C@H](C(=O)NCC(F)F)[C@@H]1c1ccc(Cl)c(F)c1. The van der Waals surface area contributed by atoms with E-state index in [1.807, 2.05) is 0 Å². The van der Waals surface area contributed by atoms with Gasteiger partial charge in [0.15, 0.2) is 0 Å². The molecule has 1 aromatic carbocycles. The van der Waals surface area contributed by atoms with Crippen LogP contribution in [0.4, 0.5) is 13.2 Å². The number of rotatable bonds is 4. The van der Waals surface area contributed by atoms with Crippen molar-refractivity contribution < 1.29 is 22.8 Å². The van der Waals surface area contributed by atoms with Crippen molar-refractivity contribution in [2.75, 3.05) is 13.6 Å². The quantitative estimate of drug-likeness (QED) is 0.919. The summed E-state index contributed by atoms with van der Waals surface area (Å²) in [5.74, 6) is -2.48. The molecular formula is C14H14ClF3N2O2. The largest absolute Gasteiger partial charge is 0.350 e. The number of alkyl halides is 2. The Morgan fingerprint density at radius 3 is 2.77 bits per heavy atom. The van der Waals surface area contributed by atoms with Gasteiger partial charge >= 0.3 is 0 Å². The minimum Gasteiger partial charge on any atom is -0.350 e. The van der Waals surface area contributed by atoms with E-state index in [-0.39, 0.29) is 17.4 Å². The van der Waals surface area contributed by atoms with Crippen LogP contribution in [-0.2, 0) is 9.59 Å². The van der Waals surface area contributed by atoms with Crippen molar-refractivity contribution in [2.24, 2.45) is 5.92 Å². The summed E-state index contributed by atoms with van der Waals surface area (Å²) < 4.78 is 38.0. The van der Waals surface area contributed by atoms with Gasteiger partial charge in [-0.05, 0) is 17.7 Å². The molecule has 22 heavy (non-hydrogen) atoms. The molecule has 2 amide bonds. The molecular weight excluding hydrogens is 321 g/mol. The Bertz CT molecular complexity index is 597. The smallest absolute Gasteiger partial charge is 0.255 e. The van der Waals surface area contributed by atoms with Gasteiger partial charge < -0.3 is 10.2 Å². The first-order valence-electron chi connectivity index (χ1n) is 6.57. The van der Waals surface area contributed by atoms with Gasteiger partial charge in [-0.3, -0.25) is 9.59 Å². The van der Waals surface area contributed by atoms with Crippen LogP contribution in [-0.4, -0.2) is 36.7 Å². The van der Waals surface area contributed by atoms with Crippen LogP contribution in [0.5, 0.6) is 0 Å². The van der Waals surface area contributed by atoms with E-state index in [0.717, 1.165) is 6.07 Å². The molecule has 0 aliphatic carbocycles. The molecule has 0 bridgehead atoms. The van der Waals surface area contributed by atoms with Crippen molar-refractivity contribution >= 4 is 23.4 Å². The molecule has 0 radical (unpaired) electrons. The van der Waals surface area contributed by atoms with Crippen molar-refractivity contribution in [2.45, 2.75) is 18.9 Å². The number of nitrogens with one attached hydrogen (secondary N) is 1. The zero-order chi connectivity index (χ0) is 16.4. The van der Waals surface area contributed by atoms with Crippen LogP contribution in [0.15, 0.2) is 18.2 Å². The van der Waals surface area contributed by atoms with Crippen LogP contribution in [0.3, 0.4) is 0 Å². The molecule has 1 aliphatic rings. The number of nitrogens with zero attached hydrogens (tertiary/aromatic N) is 1. The van der Waals surface area contributed by atoms with Crippen LogP contribution >= 0.6 is 11.6 Å². The summed E-state index contributed by atoms with van der Waals surface area (Å²) in [5, 5.41) is 2.03. The summed E-state index contributed by atoms with van der Waals surface area (Å²) in [4.78, 5) is 25.2. The number of amides is 2. The second-order valence-electron chi connectivity index (χ2n) is 5.07. The van der Waals surface area contributed by atoms with Crippen molar-refractivity contribution in [1.82, 2.24) is 10.2 Å². The maximum Gasteiger partial charge on any atom is 0.255 e. The van der Waals surface area contributed by atoms with E-state index < -0.39 is 36.7 Å². The highest BCUT2D eigenvalue weighted by Gasteiger charge is 2.42. The first kappa shape index (κ1) is 16.6. The van der Waals surface area contributed by atoms with Gasteiger partial charge in [0.25, 0.3) is 6.43 Å². The lowest BCUT2D eigenvalue weighted by molar-refractivity contribution is -0.128. The fraction of sp³-hybridized carbons (Fsp3) is 0.429. The molecule has 120 valence electrons. The highest BCUT2D eigenvalue weighted by atomic mass is 35.5.